The highest BCUT2D eigenvalue weighted by molar-refractivity contribution is 5.76. The van der Waals surface area contributed by atoms with Gasteiger partial charge in [-0.2, -0.15) is 0 Å². The Balaban J connectivity index is 1.77. The van der Waals surface area contributed by atoms with Crippen LogP contribution in [0, 0.1) is 22.2 Å². The Morgan fingerprint density at radius 2 is 1.14 bits per heavy atom. The molecule has 204 valence electrons. The van der Waals surface area contributed by atoms with E-state index in [1.165, 1.54) is 141 Å². The van der Waals surface area contributed by atoms with Gasteiger partial charge >= 0.3 is 5.97 Å². The molecule has 3 fully saturated rings. The molecule has 3 rings (SSSR count). The molecule has 0 radical (unpaired) electrons. The second-order valence-corrected chi connectivity index (χ2v) is 13.3. The molecule has 0 aromatic carbocycles. The van der Waals surface area contributed by atoms with Gasteiger partial charge in [-0.15, -0.1) is 0 Å². The first-order valence-corrected chi connectivity index (χ1v) is 16.3. The van der Waals surface area contributed by atoms with Gasteiger partial charge in [0, 0.05) is 0 Å². The SMILES string of the molecule is CCCCCCCCC1(C2(C(=O)O)CCCCC2)CCC(CCCCCC)(C2CCCCC2)CC1. The molecular formula is C33H60O2. The maximum absolute atomic E-state index is 13.1. The Hall–Kier alpha value is -0.530. The minimum Gasteiger partial charge on any atom is -0.481 e. The summed E-state index contributed by atoms with van der Waals surface area (Å²) in [6.45, 7) is 4.61. The van der Waals surface area contributed by atoms with Crippen LogP contribution >= 0.6 is 0 Å². The summed E-state index contributed by atoms with van der Waals surface area (Å²) in [5, 5.41) is 10.8. The maximum Gasteiger partial charge on any atom is 0.310 e. The van der Waals surface area contributed by atoms with E-state index in [0.717, 1.165) is 31.6 Å². The Bertz CT molecular complexity index is 588. The van der Waals surface area contributed by atoms with E-state index in [-0.39, 0.29) is 5.41 Å². The number of hydrogen-bond donors (Lipinski definition) is 1. The second-order valence-electron chi connectivity index (χ2n) is 13.3. The quantitative estimate of drug-likeness (QED) is 0.233. The summed E-state index contributed by atoms with van der Waals surface area (Å²) in [6.07, 6.45) is 33.7. The van der Waals surface area contributed by atoms with Crippen molar-refractivity contribution in [1.82, 2.24) is 0 Å². The van der Waals surface area contributed by atoms with Crippen molar-refractivity contribution in [3.05, 3.63) is 0 Å². The fourth-order valence-corrected chi connectivity index (χ4v) is 9.05. The fraction of sp³-hybridized carbons (Fsp3) is 0.970. The predicted octanol–water partition coefficient (Wildman–Crippen LogP) is 10.9. The lowest BCUT2D eigenvalue weighted by Crippen LogP contribution is -2.53. The van der Waals surface area contributed by atoms with Crippen molar-refractivity contribution < 1.29 is 9.90 Å². The molecule has 2 nitrogen and oxygen atoms in total. The molecular weight excluding hydrogens is 428 g/mol. The lowest BCUT2D eigenvalue weighted by Gasteiger charge is -2.58. The molecule has 0 saturated heterocycles. The van der Waals surface area contributed by atoms with Crippen LogP contribution in [0.4, 0.5) is 0 Å². The van der Waals surface area contributed by atoms with Gasteiger partial charge in [0.25, 0.3) is 0 Å². The molecule has 3 aliphatic carbocycles. The number of rotatable bonds is 15. The van der Waals surface area contributed by atoms with Gasteiger partial charge in [0.05, 0.1) is 5.41 Å². The standard InChI is InChI=1S/C33H60O2/c1-3-5-7-9-10-16-22-32(33(30(34)35)23-17-12-18-24-33)27-25-31(26-28-32,21-15-8-6-4-2)29-19-13-11-14-20-29/h29H,3-28H2,1-2H3,(H,34,35). The molecule has 0 aliphatic heterocycles. The molecule has 3 saturated carbocycles. The van der Waals surface area contributed by atoms with Crippen molar-refractivity contribution in [3.8, 4) is 0 Å². The van der Waals surface area contributed by atoms with Crippen LogP contribution in [0.3, 0.4) is 0 Å². The topological polar surface area (TPSA) is 37.3 Å². The highest BCUT2D eigenvalue weighted by Gasteiger charge is 2.59. The van der Waals surface area contributed by atoms with Crippen LogP contribution in [0.25, 0.3) is 0 Å². The first-order chi connectivity index (χ1) is 17.0. The van der Waals surface area contributed by atoms with Crippen LogP contribution in [0.5, 0.6) is 0 Å². The van der Waals surface area contributed by atoms with Crippen molar-refractivity contribution in [2.45, 2.75) is 181 Å². The third kappa shape index (κ3) is 7.07. The molecule has 2 heteroatoms. The van der Waals surface area contributed by atoms with E-state index < -0.39 is 11.4 Å². The van der Waals surface area contributed by atoms with Gasteiger partial charge in [-0.05, 0) is 81.0 Å². The Kier molecular flexibility index (Phi) is 12.0. The van der Waals surface area contributed by atoms with Crippen LogP contribution in [-0.4, -0.2) is 11.1 Å². The zero-order valence-corrected chi connectivity index (χ0v) is 23.8. The minimum atomic E-state index is -0.435. The van der Waals surface area contributed by atoms with E-state index in [1.807, 2.05) is 0 Å². The van der Waals surface area contributed by atoms with E-state index in [0.29, 0.717) is 5.41 Å². The van der Waals surface area contributed by atoms with Gasteiger partial charge < -0.3 is 5.11 Å². The molecule has 0 spiro atoms. The van der Waals surface area contributed by atoms with Gasteiger partial charge in [0.1, 0.15) is 0 Å². The largest absolute Gasteiger partial charge is 0.481 e. The highest BCUT2D eigenvalue weighted by Crippen LogP contribution is 2.64. The van der Waals surface area contributed by atoms with Crippen LogP contribution in [-0.2, 0) is 4.79 Å². The average molecular weight is 489 g/mol. The van der Waals surface area contributed by atoms with Crippen molar-refractivity contribution in [3.63, 3.8) is 0 Å². The van der Waals surface area contributed by atoms with Crippen molar-refractivity contribution in [1.29, 1.82) is 0 Å². The zero-order valence-electron chi connectivity index (χ0n) is 23.8. The van der Waals surface area contributed by atoms with E-state index >= 15 is 0 Å². The smallest absolute Gasteiger partial charge is 0.310 e. The average Bonchev–Trinajstić information content (AvgIpc) is 2.90. The van der Waals surface area contributed by atoms with E-state index in [9.17, 15) is 9.90 Å². The number of carbonyl (C=O) groups is 1. The summed E-state index contributed by atoms with van der Waals surface area (Å²) in [6, 6.07) is 0. The summed E-state index contributed by atoms with van der Waals surface area (Å²) >= 11 is 0. The first-order valence-electron chi connectivity index (χ1n) is 16.3. The van der Waals surface area contributed by atoms with E-state index in [2.05, 4.69) is 13.8 Å². The van der Waals surface area contributed by atoms with E-state index in [1.54, 1.807) is 0 Å². The van der Waals surface area contributed by atoms with Crippen molar-refractivity contribution >= 4 is 5.97 Å². The molecule has 0 amide bonds. The molecule has 1 N–H and O–H groups in total. The molecule has 0 heterocycles. The molecule has 0 bridgehead atoms. The third-order valence-electron chi connectivity index (χ3n) is 11.3. The normalized spacial score (nSPS) is 29.8. The number of carboxylic acid groups (broad SMARTS) is 1. The molecule has 0 aromatic heterocycles. The Morgan fingerprint density at radius 3 is 1.74 bits per heavy atom. The maximum atomic E-state index is 13.1. The third-order valence-corrected chi connectivity index (χ3v) is 11.3. The van der Waals surface area contributed by atoms with Gasteiger partial charge in [-0.25, -0.2) is 0 Å². The number of aliphatic carboxylic acids is 1. The lowest BCUT2D eigenvalue weighted by molar-refractivity contribution is -0.171. The summed E-state index contributed by atoms with van der Waals surface area (Å²) in [5.41, 5.74) is 0.147. The first kappa shape index (κ1) is 29.0. The molecule has 0 aromatic rings. The minimum absolute atomic E-state index is 0.0611. The second kappa shape index (κ2) is 14.4. The number of hydrogen-bond acceptors (Lipinski definition) is 1. The Morgan fingerprint density at radius 1 is 0.629 bits per heavy atom. The van der Waals surface area contributed by atoms with Gasteiger partial charge in [-0.3, -0.25) is 4.79 Å². The predicted molar refractivity (Wildman–Crippen MR) is 150 cm³/mol. The van der Waals surface area contributed by atoms with Gasteiger partial charge in [-0.1, -0.05) is 117 Å². The van der Waals surface area contributed by atoms with Gasteiger partial charge in [0.2, 0.25) is 0 Å². The fourth-order valence-electron chi connectivity index (χ4n) is 9.05. The molecule has 3 aliphatic rings. The molecule has 0 unspecified atom stereocenters. The van der Waals surface area contributed by atoms with Crippen LogP contribution < -0.4 is 0 Å². The summed E-state index contributed by atoms with van der Waals surface area (Å²) in [4.78, 5) is 13.1. The highest BCUT2D eigenvalue weighted by atomic mass is 16.4. The summed E-state index contributed by atoms with van der Waals surface area (Å²) in [7, 11) is 0. The zero-order chi connectivity index (χ0) is 25.0. The monoisotopic (exact) mass is 488 g/mol. The Labute approximate surface area is 218 Å². The van der Waals surface area contributed by atoms with Crippen LogP contribution in [0.15, 0.2) is 0 Å². The van der Waals surface area contributed by atoms with E-state index in [4.69, 9.17) is 0 Å². The number of unbranched alkanes of at least 4 members (excludes halogenated alkanes) is 8. The molecule has 35 heavy (non-hydrogen) atoms. The van der Waals surface area contributed by atoms with Gasteiger partial charge in [0.15, 0.2) is 0 Å². The van der Waals surface area contributed by atoms with Crippen molar-refractivity contribution in [2.24, 2.45) is 22.2 Å². The van der Waals surface area contributed by atoms with Crippen LogP contribution in [0.1, 0.15) is 181 Å². The van der Waals surface area contributed by atoms with Crippen molar-refractivity contribution in [2.75, 3.05) is 0 Å². The summed E-state index contributed by atoms with van der Waals surface area (Å²) in [5.74, 6) is 0.480. The lowest BCUT2D eigenvalue weighted by atomic mass is 9.46. The molecule has 0 atom stereocenters. The summed E-state index contributed by atoms with van der Waals surface area (Å²) < 4.78 is 0. The number of carboxylic acids is 1. The van der Waals surface area contributed by atoms with Crippen LogP contribution in [0.2, 0.25) is 0 Å².